The third-order valence-corrected chi connectivity index (χ3v) is 3.63. The van der Waals surface area contributed by atoms with Crippen molar-refractivity contribution in [3.63, 3.8) is 0 Å². The fraction of sp³-hybridized carbons (Fsp3) is 1.00. The Morgan fingerprint density at radius 1 is 1.29 bits per heavy atom. The number of hydrogen-bond acceptors (Lipinski definition) is 3. The minimum Gasteiger partial charge on any atom is -0.380 e. The molecular weight excluding hydrogens is 176 g/mol. The van der Waals surface area contributed by atoms with Crippen molar-refractivity contribution < 1.29 is 4.74 Å². The third-order valence-electron chi connectivity index (χ3n) is 3.63. The van der Waals surface area contributed by atoms with Crippen molar-refractivity contribution in [3.05, 3.63) is 0 Å². The van der Waals surface area contributed by atoms with Crippen LogP contribution in [0.3, 0.4) is 0 Å². The minimum absolute atomic E-state index is 0.693. The van der Waals surface area contributed by atoms with Crippen LogP contribution in [0.4, 0.5) is 0 Å². The molecule has 3 heteroatoms. The molecule has 0 aromatic carbocycles. The summed E-state index contributed by atoms with van der Waals surface area (Å²) in [4.78, 5) is 5.09. The first-order valence-electron chi connectivity index (χ1n) is 5.79. The Kier molecular flexibility index (Phi) is 3.42. The van der Waals surface area contributed by atoms with Crippen LogP contribution in [0.5, 0.6) is 0 Å². The van der Waals surface area contributed by atoms with Crippen molar-refractivity contribution in [1.29, 1.82) is 0 Å². The Morgan fingerprint density at radius 3 is 2.86 bits per heavy atom. The second-order valence-corrected chi connectivity index (χ2v) is 4.70. The average Bonchev–Trinajstić information content (AvgIpc) is 2.63. The molecule has 2 atom stereocenters. The zero-order valence-electron chi connectivity index (χ0n) is 9.41. The molecule has 0 bridgehead atoms. The lowest BCUT2D eigenvalue weighted by atomic mass is 10.2. The first-order valence-corrected chi connectivity index (χ1v) is 5.79. The van der Waals surface area contributed by atoms with Gasteiger partial charge in [0, 0.05) is 25.2 Å². The molecule has 2 rings (SSSR count). The van der Waals surface area contributed by atoms with Gasteiger partial charge in [0.25, 0.3) is 0 Å². The summed E-state index contributed by atoms with van der Waals surface area (Å²) in [6.07, 6.45) is 2.54. The van der Waals surface area contributed by atoms with E-state index in [1.807, 2.05) is 0 Å². The van der Waals surface area contributed by atoms with Gasteiger partial charge in [0.1, 0.15) is 0 Å². The lowest BCUT2D eigenvalue weighted by Gasteiger charge is -2.29. The quantitative estimate of drug-likeness (QED) is 0.620. The number of ether oxygens (including phenoxy) is 1. The van der Waals surface area contributed by atoms with Crippen LogP contribution in [-0.4, -0.2) is 61.8 Å². The van der Waals surface area contributed by atoms with Gasteiger partial charge in [-0.05, 0) is 39.9 Å². The molecule has 2 aliphatic rings. The predicted octanol–water partition coefficient (Wildman–Crippen LogP) is 0.801. The van der Waals surface area contributed by atoms with Gasteiger partial charge >= 0.3 is 0 Å². The summed E-state index contributed by atoms with van der Waals surface area (Å²) in [5, 5.41) is 0. The Balaban J connectivity index is 1.91. The van der Waals surface area contributed by atoms with Crippen molar-refractivity contribution in [2.45, 2.75) is 31.8 Å². The highest BCUT2D eigenvalue weighted by Crippen LogP contribution is 2.16. The van der Waals surface area contributed by atoms with Gasteiger partial charge in [0.05, 0.1) is 6.61 Å². The Bertz CT molecular complexity index is 180. The van der Waals surface area contributed by atoms with E-state index in [-0.39, 0.29) is 0 Å². The largest absolute Gasteiger partial charge is 0.380 e. The average molecular weight is 198 g/mol. The van der Waals surface area contributed by atoms with Crippen LogP contribution in [0.1, 0.15) is 19.8 Å². The maximum absolute atomic E-state index is 5.46. The summed E-state index contributed by atoms with van der Waals surface area (Å²) in [6.45, 7) is 7.95. The van der Waals surface area contributed by atoms with Gasteiger partial charge in [0.15, 0.2) is 0 Å². The molecule has 2 aliphatic heterocycles. The second-order valence-electron chi connectivity index (χ2n) is 4.70. The fourth-order valence-electron chi connectivity index (χ4n) is 2.46. The van der Waals surface area contributed by atoms with E-state index in [1.165, 1.54) is 32.5 Å². The van der Waals surface area contributed by atoms with E-state index < -0.39 is 0 Å². The normalized spacial score (nSPS) is 37.3. The van der Waals surface area contributed by atoms with E-state index in [1.54, 1.807) is 0 Å². The molecule has 3 nitrogen and oxygen atoms in total. The van der Waals surface area contributed by atoms with E-state index >= 15 is 0 Å². The van der Waals surface area contributed by atoms with E-state index in [0.717, 1.165) is 13.2 Å². The van der Waals surface area contributed by atoms with Crippen molar-refractivity contribution in [2.24, 2.45) is 0 Å². The molecule has 2 fully saturated rings. The maximum Gasteiger partial charge on any atom is 0.0622 e. The summed E-state index contributed by atoms with van der Waals surface area (Å²) in [5.74, 6) is 0. The second kappa shape index (κ2) is 4.60. The van der Waals surface area contributed by atoms with Crippen molar-refractivity contribution >= 4 is 0 Å². The van der Waals surface area contributed by atoms with Crippen LogP contribution in [0.15, 0.2) is 0 Å². The molecule has 0 spiro atoms. The number of rotatable bonds is 1. The summed E-state index contributed by atoms with van der Waals surface area (Å²) >= 11 is 0. The Morgan fingerprint density at radius 2 is 2.14 bits per heavy atom. The number of hydrogen-bond donors (Lipinski definition) is 0. The van der Waals surface area contributed by atoms with E-state index in [0.29, 0.717) is 12.1 Å². The van der Waals surface area contributed by atoms with Crippen LogP contribution in [-0.2, 0) is 4.74 Å². The van der Waals surface area contributed by atoms with E-state index in [2.05, 4.69) is 23.8 Å². The smallest absolute Gasteiger partial charge is 0.0622 e. The SMILES string of the molecule is C[C@H]1CN(C2CCOC2)CCCN1C. The molecular formula is C11H22N2O. The molecule has 0 amide bonds. The predicted molar refractivity (Wildman–Crippen MR) is 57.5 cm³/mol. The molecule has 1 unspecified atom stereocenters. The maximum atomic E-state index is 5.46. The number of likely N-dealkylation sites (N-methyl/N-ethyl adjacent to an activating group) is 1. The molecule has 0 aromatic heterocycles. The summed E-state index contributed by atoms with van der Waals surface area (Å²) in [6, 6.07) is 1.39. The highest BCUT2D eigenvalue weighted by Gasteiger charge is 2.27. The van der Waals surface area contributed by atoms with Crippen LogP contribution in [0.25, 0.3) is 0 Å². The first kappa shape index (κ1) is 10.4. The van der Waals surface area contributed by atoms with Gasteiger partial charge in [-0.1, -0.05) is 0 Å². The molecule has 0 aliphatic carbocycles. The number of nitrogens with zero attached hydrogens (tertiary/aromatic N) is 2. The lowest BCUT2D eigenvalue weighted by Crippen LogP contribution is -2.42. The molecule has 82 valence electrons. The van der Waals surface area contributed by atoms with Gasteiger partial charge in [-0.2, -0.15) is 0 Å². The summed E-state index contributed by atoms with van der Waals surface area (Å²) in [7, 11) is 2.24. The van der Waals surface area contributed by atoms with Crippen LogP contribution < -0.4 is 0 Å². The standard InChI is InChI=1S/C11H22N2O/c1-10-8-13(6-3-5-12(10)2)11-4-7-14-9-11/h10-11H,3-9H2,1-2H3/t10-,11?/m0/s1. The Labute approximate surface area is 87.0 Å². The van der Waals surface area contributed by atoms with Gasteiger partial charge in [0.2, 0.25) is 0 Å². The van der Waals surface area contributed by atoms with E-state index in [9.17, 15) is 0 Å². The minimum atomic E-state index is 0.693. The highest BCUT2D eigenvalue weighted by atomic mass is 16.5. The molecule has 0 saturated carbocycles. The molecule has 0 radical (unpaired) electrons. The van der Waals surface area contributed by atoms with Crippen LogP contribution >= 0.6 is 0 Å². The zero-order chi connectivity index (χ0) is 9.97. The van der Waals surface area contributed by atoms with Gasteiger partial charge in [-0.25, -0.2) is 0 Å². The van der Waals surface area contributed by atoms with Crippen LogP contribution in [0.2, 0.25) is 0 Å². The lowest BCUT2D eigenvalue weighted by molar-refractivity contribution is 0.135. The molecule has 0 N–H and O–H groups in total. The van der Waals surface area contributed by atoms with Gasteiger partial charge in [-0.15, -0.1) is 0 Å². The Hall–Kier alpha value is -0.120. The summed E-state index contributed by atoms with van der Waals surface area (Å²) in [5.41, 5.74) is 0. The third kappa shape index (κ3) is 2.27. The monoisotopic (exact) mass is 198 g/mol. The summed E-state index contributed by atoms with van der Waals surface area (Å²) < 4.78 is 5.46. The van der Waals surface area contributed by atoms with Gasteiger partial charge < -0.3 is 9.64 Å². The topological polar surface area (TPSA) is 15.7 Å². The van der Waals surface area contributed by atoms with E-state index in [4.69, 9.17) is 4.74 Å². The molecule has 2 saturated heterocycles. The van der Waals surface area contributed by atoms with Crippen molar-refractivity contribution in [2.75, 3.05) is 39.9 Å². The van der Waals surface area contributed by atoms with Crippen molar-refractivity contribution in [3.8, 4) is 0 Å². The molecule has 0 aromatic rings. The van der Waals surface area contributed by atoms with Gasteiger partial charge in [-0.3, -0.25) is 4.90 Å². The van der Waals surface area contributed by atoms with Crippen LogP contribution in [0, 0.1) is 0 Å². The fourth-order valence-corrected chi connectivity index (χ4v) is 2.46. The first-order chi connectivity index (χ1) is 6.77. The van der Waals surface area contributed by atoms with Crippen molar-refractivity contribution in [1.82, 2.24) is 9.80 Å². The molecule has 2 heterocycles. The highest BCUT2D eigenvalue weighted by molar-refractivity contribution is 4.81. The molecule has 14 heavy (non-hydrogen) atoms. The zero-order valence-corrected chi connectivity index (χ0v) is 9.41.